The average Bonchev–Trinajstić information content (AvgIpc) is 2.39. The number of rotatable bonds is 7. The van der Waals surface area contributed by atoms with Crippen LogP contribution in [0.2, 0.25) is 0 Å². The standard InChI is InChI=1S/C13H15NO6/c1-20-8-11(15)14(6-5-12(16)17)10-4-2-3-9(7-10)13(18)19/h2-4,7H,5-6,8H2,1H3,(H,16,17)(H,18,19). The Bertz CT molecular complexity index is 513. The zero-order chi connectivity index (χ0) is 15.1. The second-order valence-corrected chi connectivity index (χ2v) is 3.98. The highest BCUT2D eigenvalue weighted by Crippen LogP contribution is 2.17. The molecular formula is C13H15NO6. The van der Waals surface area contributed by atoms with E-state index in [1.54, 1.807) is 6.07 Å². The summed E-state index contributed by atoms with van der Waals surface area (Å²) in [7, 11) is 1.35. The van der Waals surface area contributed by atoms with Crippen molar-refractivity contribution in [3.05, 3.63) is 29.8 Å². The highest BCUT2D eigenvalue weighted by molar-refractivity contribution is 5.96. The Morgan fingerprint density at radius 2 is 1.95 bits per heavy atom. The summed E-state index contributed by atoms with van der Waals surface area (Å²) in [6.07, 6.45) is -0.243. The van der Waals surface area contributed by atoms with Crippen LogP contribution < -0.4 is 4.90 Å². The van der Waals surface area contributed by atoms with Gasteiger partial charge in [0.2, 0.25) is 0 Å². The monoisotopic (exact) mass is 281 g/mol. The molecule has 0 aliphatic carbocycles. The van der Waals surface area contributed by atoms with Gasteiger partial charge < -0.3 is 19.8 Å². The topological polar surface area (TPSA) is 104 Å². The Morgan fingerprint density at radius 1 is 1.25 bits per heavy atom. The number of carboxylic acids is 2. The molecule has 7 heteroatoms. The van der Waals surface area contributed by atoms with Crippen molar-refractivity contribution in [1.29, 1.82) is 0 Å². The van der Waals surface area contributed by atoms with Gasteiger partial charge in [-0.25, -0.2) is 4.79 Å². The Labute approximate surface area is 115 Å². The number of aromatic carboxylic acids is 1. The Morgan fingerprint density at radius 3 is 2.50 bits per heavy atom. The van der Waals surface area contributed by atoms with Crippen molar-refractivity contribution in [3.8, 4) is 0 Å². The van der Waals surface area contributed by atoms with Crippen LogP contribution in [-0.4, -0.2) is 48.3 Å². The molecule has 108 valence electrons. The molecule has 0 unspecified atom stereocenters. The average molecular weight is 281 g/mol. The van der Waals surface area contributed by atoms with E-state index in [4.69, 9.17) is 14.9 Å². The molecule has 0 atom stereocenters. The molecule has 0 heterocycles. The molecule has 1 aromatic carbocycles. The van der Waals surface area contributed by atoms with Crippen molar-refractivity contribution in [2.24, 2.45) is 0 Å². The third-order valence-electron chi connectivity index (χ3n) is 2.52. The fourth-order valence-electron chi connectivity index (χ4n) is 1.61. The zero-order valence-electron chi connectivity index (χ0n) is 10.9. The summed E-state index contributed by atoms with van der Waals surface area (Å²) in [6.45, 7) is -0.266. The van der Waals surface area contributed by atoms with E-state index in [1.807, 2.05) is 0 Å². The maximum absolute atomic E-state index is 11.9. The van der Waals surface area contributed by atoms with E-state index in [2.05, 4.69) is 0 Å². The molecular weight excluding hydrogens is 266 g/mol. The van der Waals surface area contributed by atoms with Gasteiger partial charge in [0.05, 0.1) is 12.0 Å². The van der Waals surface area contributed by atoms with Gasteiger partial charge in [-0.2, -0.15) is 0 Å². The van der Waals surface area contributed by atoms with Gasteiger partial charge in [0, 0.05) is 19.3 Å². The quantitative estimate of drug-likeness (QED) is 0.767. The number of carbonyl (C=O) groups is 3. The lowest BCUT2D eigenvalue weighted by Crippen LogP contribution is -2.35. The minimum absolute atomic E-state index is 0.0213. The number of ether oxygens (including phenoxy) is 1. The number of methoxy groups -OCH3 is 1. The highest BCUT2D eigenvalue weighted by atomic mass is 16.5. The smallest absolute Gasteiger partial charge is 0.335 e. The third kappa shape index (κ3) is 4.36. The number of benzene rings is 1. The minimum atomic E-state index is -1.12. The molecule has 0 fully saturated rings. The summed E-state index contributed by atoms with van der Waals surface area (Å²) in [6, 6.07) is 5.74. The normalized spacial score (nSPS) is 10.1. The van der Waals surface area contributed by atoms with E-state index in [0.29, 0.717) is 5.69 Å². The van der Waals surface area contributed by atoms with E-state index in [1.165, 1.54) is 30.2 Å². The van der Waals surface area contributed by atoms with Crippen molar-refractivity contribution in [2.45, 2.75) is 6.42 Å². The van der Waals surface area contributed by atoms with Crippen LogP contribution in [0.3, 0.4) is 0 Å². The lowest BCUT2D eigenvalue weighted by atomic mass is 10.2. The molecule has 0 aliphatic heterocycles. The van der Waals surface area contributed by atoms with Crippen molar-refractivity contribution in [1.82, 2.24) is 0 Å². The number of nitrogens with zero attached hydrogens (tertiary/aromatic N) is 1. The predicted molar refractivity (Wildman–Crippen MR) is 69.9 cm³/mol. The maximum atomic E-state index is 11.9. The molecule has 20 heavy (non-hydrogen) atoms. The number of aliphatic carboxylic acids is 1. The highest BCUT2D eigenvalue weighted by Gasteiger charge is 2.17. The number of carbonyl (C=O) groups excluding carboxylic acids is 1. The number of hydrogen-bond acceptors (Lipinski definition) is 4. The molecule has 0 aliphatic rings. The van der Waals surface area contributed by atoms with Gasteiger partial charge in [0.15, 0.2) is 0 Å². The fourth-order valence-corrected chi connectivity index (χ4v) is 1.61. The van der Waals surface area contributed by atoms with Crippen molar-refractivity contribution in [3.63, 3.8) is 0 Å². The summed E-state index contributed by atoms with van der Waals surface area (Å²) in [5.74, 6) is -2.60. The second-order valence-electron chi connectivity index (χ2n) is 3.98. The van der Waals surface area contributed by atoms with Gasteiger partial charge >= 0.3 is 11.9 Å². The van der Waals surface area contributed by atoms with Gasteiger partial charge in [-0.3, -0.25) is 9.59 Å². The molecule has 0 bridgehead atoms. The second kappa shape index (κ2) is 7.25. The Kier molecular flexibility index (Phi) is 5.67. The van der Waals surface area contributed by atoms with Crippen molar-refractivity contribution >= 4 is 23.5 Å². The van der Waals surface area contributed by atoms with Crippen LogP contribution in [0.1, 0.15) is 16.8 Å². The molecule has 0 saturated carbocycles. The van der Waals surface area contributed by atoms with E-state index in [-0.39, 0.29) is 25.1 Å². The number of carboxylic acid groups (broad SMARTS) is 2. The van der Waals surface area contributed by atoms with E-state index in [0.717, 1.165) is 0 Å². The van der Waals surface area contributed by atoms with Gasteiger partial charge in [-0.1, -0.05) is 6.07 Å². The molecule has 0 spiro atoms. The predicted octanol–water partition coefficient (Wildman–Crippen LogP) is 0.839. The molecule has 2 N–H and O–H groups in total. The lowest BCUT2D eigenvalue weighted by molar-refractivity contribution is -0.136. The SMILES string of the molecule is COCC(=O)N(CCC(=O)O)c1cccc(C(=O)O)c1. The van der Waals surface area contributed by atoms with Crippen molar-refractivity contribution < 1.29 is 29.3 Å². The van der Waals surface area contributed by atoms with Crippen molar-refractivity contribution in [2.75, 3.05) is 25.2 Å². The van der Waals surface area contributed by atoms with Crippen LogP contribution in [0, 0.1) is 0 Å². The van der Waals surface area contributed by atoms with Gasteiger partial charge in [0.1, 0.15) is 6.61 Å². The van der Waals surface area contributed by atoms with Gasteiger partial charge in [-0.05, 0) is 18.2 Å². The maximum Gasteiger partial charge on any atom is 0.335 e. The summed E-state index contributed by atoms with van der Waals surface area (Å²) >= 11 is 0. The first-order chi connectivity index (χ1) is 9.45. The van der Waals surface area contributed by atoms with E-state index in [9.17, 15) is 14.4 Å². The molecule has 7 nitrogen and oxygen atoms in total. The van der Waals surface area contributed by atoms with Crippen LogP contribution in [0.15, 0.2) is 24.3 Å². The molecule has 1 aromatic rings. The number of amides is 1. The van der Waals surface area contributed by atoms with Crippen LogP contribution in [-0.2, 0) is 14.3 Å². The number of anilines is 1. The fraction of sp³-hybridized carbons (Fsp3) is 0.308. The molecule has 1 rings (SSSR count). The Hall–Kier alpha value is -2.41. The third-order valence-corrected chi connectivity index (χ3v) is 2.52. The zero-order valence-corrected chi connectivity index (χ0v) is 10.9. The number of hydrogen-bond donors (Lipinski definition) is 2. The van der Waals surface area contributed by atoms with Crippen LogP contribution >= 0.6 is 0 Å². The van der Waals surface area contributed by atoms with Crippen LogP contribution in [0.25, 0.3) is 0 Å². The largest absolute Gasteiger partial charge is 0.481 e. The summed E-state index contributed by atoms with van der Waals surface area (Å²) in [5, 5.41) is 17.6. The lowest BCUT2D eigenvalue weighted by Gasteiger charge is -2.22. The molecule has 0 aromatic heterocycles. The van der Waals surface area contributed by atoms with E-state index >= 15 is 0 Å². The first-order valence-electron chi connectivity index (χ1n) is 5.80. The molecule has 1 amide bonds. The van der Waals surface area contributed by atoms with Crippen LogP contribution in [0.5, 0.6) is 0 Å². The molecule has 0 saturated heterocycles. The van der Waals surface area contributed by atoms with Gasteiger partial charge in [0.25, 0.3) is 5.91 Å². The summed E-state index contributed by atoms with van der Waals surface area (Å²) in [5.41, 5.74) is 0.348. The first-order valence-corrected chi connectivity index (χ1v) is 5.80. The van der Waals surface area contributed by atoms with Gasteiger partial charge in [-0.15, -0.1) is 0 Å². The summed E-state index contributed by atoms with van der Waals surface area (Å²) in [4.78, 5) is 34.6. The Balaban J connectivity index is 3.02. The summed E-state index contributed by atoms with van der Waals surface area (Å²) < 4.78 is 4.74. The van der Waals surface area contributed by atoms with Crippen LogP contribution in [0.4, 0.5) is 5.69 Å². The minimum Gasteiger partial charge on any atom is -0.481 e. The molecule has 0 radical (unpaired) electrons. The van der Waals surface area contributed by atoms with E-state index < -0.39 is 17.8 Å². The first kappa shape index (κ1) is 15.6.